The molecule has 0 aliphatic rings. The summed E-state index contributed by atoms with van der Waals surface area (Å²) in [5.74, 6) is -2.25. The van der Waals surface area contributed by atoms with Gasteiger partial charge in [0, 0.05) is 22.5 Å². The highest BCUT2D eigenvalue weighted by Gasteiger charge is 2.20. The van der Waals surface area contributed by atoms with Crippen molar-refractivity contribution in [2.45, 2.75) is 12.6 Å². The third-order valence-corrected chi connectivity index (χ3v) is 5.81. The molecule has 3 amide bonds. The standard InChI is InChI=1S/C22H21N5O3.C8H5NO3.CH7N3/c23-16-12-10-15(11-13-16)20(29)26-22(25-19(28)14-6-2-1-3-7-14)27-21(30)17-8-4-5-9-18(17)24;10-7-5-3-1-2-4-6(5)9-8(11)12-7;2-1(3)4/h1-13,22H,23-24H2,(H,25,28)(H,26,29)(H,27,30);1-4H,(H,9,11);1H,2-4H2. The van der Waals surface area contributed by atoms with E-state index < -0.39 is 41.7 Å². The summed E-state index contributed by atoms with van der Waals surface area (Å²) in [6.45, 7) is 0. The topological polar surface area (TPSA) is 280 Å². The molecule has 0 aliphatic carbocycles. The lowest BCUT2D eigenvalue weighted by Gasteiger charge is -2.22. The lowest BCUT2D eigenvalue weighted by atomic mass is 10.1. The highest BCUT2D eigenvalue weighted by Crippen LogP contribution is 2.10. The minimum absolute atomic E-state index is 0.221. The Hall–Kier alpha value is -6.29. The molecule has 1 atom stereocenters. The van der Waals surface area contributed by atoms with Crippen LogP contribution in [0.25, 0.3) is 10.9 Å². The van der Waals surface area contributed by atoms with Gasteiger partial charge in [0.15, 0.2) is 6.29 Å². The minimum Gasteiger partial charge on any atom is -0.399 e. The van der Waals surface area contributed by atoms with Crippen LogP contribution in [0.5, 0.6) is 0 Å². The van der Waals surface area contributed by atoms with Crippen LogP contribution in [0.3, 0.4) is 0 Å². The van der Waals surface area contributed by atoms with Gasteiger partial charge in [-0.05, 0) is 60.7 Å². The van der Waals surface area contributed by atoms with Crippen molar-refractivity contribution in [1.82, 2.24) is 20.9 Å². The number of fused-ring (bicyclic) bond motifs is 1. The Labute approximate surface area is 261 Å². The third-order valence-electron chi connectivity index (χ3n) is 5.81. The maximum Gasteiger partial charge on any atom is 0.419 e. The van der Waals surface area contributed by atoms with Gasteiger partial charge in [0.05, 0.1) is 16.5 Å². The molecule has 1 heterocycles. The van der Waals surface area contributed by atoms with E-state index >= 15 is 0 Å². The fourth-order valence-electron chi connectivity index (χ4n) is 3.72. The largest absolute Gasteiger partial charge is 0.419 e. The number of hydrogen-bond donors (Lipinski definition) is 9. The van der Waals surface area contributed by atoms with Gasteiger partial charge >= 0.3 is 11.4 Å². The third kappa shape index (κ3) is 10.5. The number of para-hydroxylation sites is 2. The Morgan fingerprint density at radius 3 is 1.74 bits per heavy atom. The summed E-state index contributed by atoms with van der Waals surface area (Å²) in [5, 5.41) is 8.15. The zero-order valence-electron chi connectivity index (χ0n) is 24.3. The number of carbonyl (C=O) groups is 3. The summed E-state index contributed by atoms with van der Waals surface area (Å²) in [6.07, 6.45) is -1.85. The molecule has 0 aliphatic heterocycles. The van der Waals surface area contributed by atoms with E-state index in [1.165, 1.54) is 12.1 Å². The number of nitrogen functional groups attached to an aromatic ring is 2. The zero-order valence-corrected chi connectivity index (χ0v) is 24.3. The normalized spacial score (nSPS) is 10.8. The molecule has 1 unspecified atom stereocenters. The molecular weight excluding hydrogens is 594 g/mol. The molecule has 15 nitrogen and oxygen atoms in total. The average molecular weight is 628 g/mol. The molecule has 15 heteroatoms. The average Bonchev–Trinajstić information content (AvgIpc) is 3.02. The van der Waals surface area contributed by atoms with Crippen molar-refractivity contribution in [3.63, 3.8) is 0 Å². The number of nitrogens with two attached hydrogens (primary N) is 5. The van der Waals surface area contributed by atoms with Crippen LogP contribution in [0.4, 0.5) is 11.4 Å². The van der Waals surface area contributed by atoms with Crippen LogP contribution in [0.2, 0.25) is 0 Å². The number of carbonyl (C=O) groups excluding carboxylic acids is 3. The summed E-state index contributed by atoms with van der Waals surface area (Å²) in [5.41, 5.74) is 27.1. The van der Waals surface area contributed by atoms with Gasteiger partial charge in [-0.2, -0.15) is 0 Å². The second-order valence-electron chi connectivity index (χ2n) is 9.35. The Morgan fingerprint density at radius 1 is 0.630 bits per heavy atom. The number of amides is 3. The summed E-state index contributed by atoms with van der Waals surface area (Å²) in [4.78, 5) is 61.9. The number of nitrogens with one attached hydrogen (secondary N) is 4. The first kappa shape index (κ1) is 34.2. The number of aromatic amines is 1. The number of H-pyrrole nitrogens is 1. The Bertz CT molecular complexity index is 1890. The first-order valence-electron chi connectivity index (χ1n) is 13.5. The maximum atomic E-state index is 12.6. The fraction of sp³-hybridized carbons (Fsp3) is 0.0645. The van der Waals surface area contributed by atoms with Crippen LogP contribution in [-0.2, 0) is 0 Å². The molecule has 5 rings (SSSR count). The van der Waals surface area contributed by atoms with Crippen molar-refractivity contribution in [2.75, 3.05) is 11.5 Å². The van der Waals surface area contributed by atoms with Gasteiger partial charge in [0.1, 0.15) is 6.29 Å². The SMILES string of the molecule is NC(N)N.Nc1ccc(C(=O)NC(NC(=O)c2ccccc2)NC(=O)c2ccccc2N)cc1.O=c1[nH]c2ccccc2c(=O)o1. The predicted octanol–water partition coefficient (Wildman–Crippen LogP) is 0.352. The Balaban J connectivity index is 0.000000294. The molecule has 0 bridgehead atoms. The molecule has 0 radical (unpaired) electrons. The quantitative estimate of drug-likeness (QED) is 0.0914. The second-order valence-corrected chi connectivity index (χ2v) is 9.35. The first-order valence-corrected chi connectivity index (χ1v) is 13.5. The lowest BCUT2D eigenvalue weighted by molar-refractivity contribution is 0.0828. The fourth-order valence-corrected chi connectivity index (χ4v) is 3.72. The van der Waals surface area contributed by atoms with Crippen LogP contribution in [-0.4, -0.2) is 35.3 Å². The van der Waals surface area contributed by atoms with E-state index in [1.807, 2.05) is 0 Å². The van der Waals surface area contributed by atoms with E-state index in [1.54, 1.807) is 91.0 Å². The van der Waals surface area contributed by atoms with E-state index in [9.17, 15) is 24.0 Å². The van der Waals surface area contributed by atoms with E-state index in [-0.39, 0.29) is 11.3 Å². The first-order chi connectivity index (χ1) is 21.9. The smallest absolute Gasteiger partial charge is 0.399 e. The number of anilines is 2. The molecule has 46 heavy (non-hydrogen) atoms. The van der Waals surface area contributed by atoms with Crippen molar-refractivity contribution in [3.8, 4) is 0 Å². The molecule has 0 fully saturated rings. The summed E-state index contributed by atoms with van der Waals surface area (Å²) in [6, 6.07) is 27.8. The van der Waals surface area contributed by atoms with Gasteiger partial charge in [0.2, 0.25) is 0 Å². The van der Waals surface area contributed by atoms with Crippen molar-refractivity contribution in [2.24, 2.45) is 17.2 Å². The summed E-state index contributed by atoms with van der Waals surface area (Å²) in [7, 11) is 0. The van der Waals surface area contributed by atoms with Gasteiger partial charge in [-0.1, -0.05) is 42.5 Å². The molecule has 0 saturated heterocycles. The van der Waals surface area contributed by atoms with Crippen LogP contribution in [0.15, 0.2) is 117 Å². The van der Waals surface area contributed by atoms with Gasteiger partial charge < -0.3 is 49.0 Å². The Morgan fingerprint density at radius 2 is 1.13 bits per heavy atom. The van der Waals surface area contributed by atoms with Gasteiger partial charge in [-0.25, -0.2) is 9.59 Å². The molecule has 14 N–H and O–H groups in total. The monoisotopic (exact) mass is 627 g/mol. The van der Waals surface area contributed by atoms with Gasteiger partial charge in [0.25, 0.3) is 17.7 Å². The van der Waals surface area contributed by atoms with E-state index in [2.05, 4.69) is 42.6 Å². The number of rotatable bonds is 6. The minimum atomic E-state index is -1.19. The molecular formula is C31H33N9O6. The molecule has 0 saturated carbocycles. The van der Waals surface area contributed by atoms with Crippen molar-refractivity contribution >= 4 is 40.0 Å². The molecule has 5 aromatic rings. The van der Waals surface area contributed by atoms with Crippen LogP contribution in [0.1, 0.15) is 31.1 Å². The van der Waals surface area contributed by atoms with E-state index in [0.29, 0.717) is 27.7 Å². The van der Waals surface area contributed by atoms with E-state index in [4.69, 9.17) is 11.5 Å². The molecule has 1 aromatic heterocycles. The summed E-state index contributed by atoms with van der Waals surface area (Å²) < 4.78 is 4.32. The highest BCUT2D eigenvalue weighted by atomic mass is 16.4. The van der Waals surface area contributed by atoms with Crippen molar-refractivity contribution in [3.05, 3.63) is 141 Å². The maximum absolute atomic E-state index is 12.6. The lowest BCUT2D eigenvalue weighted by Crippen LogP contribution is -2.58. The van der Waals surface area contributed by atoms with E-state index in [0.717, 1.165) is 0 Å². The Kier molecular flexibility index (Phi) is 12.3. The number of aromatic nitrogens is 1. The second kappa shape index (κ2) is 16.5. The predicted molar refractivity (Wildman–Crippen MR) is 174 cm³/mol. The van der Waals surface area contributed by atoms with Crippen LogP contribution >= 0.6 is 0 Å². The molecule has 238 valence electrons. The van der Waals surface area contributed by atoms with Crippen LogP contribution in [0, 0.1) is 0 Å². The molecule has 4 aromatic carbocycles. The van der Waals surface area contributed by atoms with Crippen molar-refractivity contribution in [1.29, 1.82) is 0 Å². The zero-order chi connectivity index (χ0) is 33.6. The van der Waals surface area contributed by atoms with Gasteiger partial charge in [-0.15, -0.1) is 0 Å². The highest BCUT2D eigenvalue weighted by molar-refractivity contribution is 6.01. The molecule has 0 spiro atoms. The van der Waals surface area contributed by atoms with Crippen molar-refractivity contribution < 1.29 is 18.8 Å². The summed E-state index contributed by atoms with van der Waals surface area (Å²) >= 11 is 0. The van der Waals surface area contributed by atoms with Crippen LogP contribution < -0.4 is 56.0 Å². The van der Waals surface area contributed by atoms with Gasteiger partial charge in [-0.3, -0.25) is 19.4 Å². The number of hydrogen-bond acceptors (Lipinski definition) is 11. The number of benzene rings is 4.